The van der Waals surface area contributed by atoms with Crippen LogP contribution in [-0.2, 0) is 6.61 Å². The molecule has 0 aliphatic carbocycles. The summed E-state index contributed by atoms with van der Waals surface area (Å²) in [5.41, 5.74) is 5.07. The van der Waals surface area contributed by atoms with Gasteiger partial charge in [0.05, 0.1) is 5.52 Å². The maximum absolute atomic E-state index is 5.77. The summed E-state index contributed by atoms with van der Waals surface area (Å²) in [6.07, 6.45) is 1.79. The number of aromatic nitrogens is 3. The van der Waals surface area contributed by atoms with Gasteiger partial charge in [0.15, 0.2) is 5.65 Å². The molecule has 4 aromatic rings. The van der Waals surface area contributed by atoms with Crippen molar-refractivity contribution in [3.8, 4) is 11.6 Å². The average molecular weight is 315 g/mol. The zero-order chi connectivity index (χ0) is 16.4. The maximum atomic E-state index is 5.77. The standard InChI is InChI=1S/C20H17N3O/c1-15-7-9-17(10-8-15)23-14-21-20-18(23)11-12-19(22-20)24-13-16-5-3-2-4-6-16/h2-12,14H,13H2,1H3. The zero-order valence-corrected chi connectivity index (χ0v) is 13.4. The molecule has 0 aliphatic rings. The molecule has 4 rings (SSSR count). The molecular formula is C20H17N3O. The predicted molar refractivity (Wildman–Crippen MR) is 94.4 cm³/mol. The van der Waals surface area contributed by atoms with Crippen LogP contribution in [0.3, 0.4) is 0 Å². The fraction of sp³-hybridized carbons (Fsp3) is 0.100. The summed E-state index contributed by atoms with van der Waals surface area (Å²) >= 11 is 0. The van der Waals surface area contributed by atoms with E-state index < -0.39 is 0 Å². The first-order valence-corrected chi connectivity index (χ1v) is 7.87. The summed E-state index contributed by atoms with van der Waals surface area (Å²) in [5.74, 6) is 0.584. The minimum atomic E-state index is 0.498. The van der Waals surface area contributed by atoms with E-state index in [0.29, 0.717) is 18.1 Å². The van der Waals surface area contributed by atoms with Crippen LogP contribution in [-0.4, -0.2) is 14.5 Å². The number of ether oxygens (including phenoxy) is 1. The first-order chi connectivity index (χ1) is 11.8. The number of pyridine rings is 1. The summed E-state index contributed by atoms with van der Waals surface area (Å²) in [6.45, 7) is 2.58. The van der Waals surface area contributed by atoms with Gasteiger partial charge < -0.3 is 4.74 Å². The molecule has 0 bridgehead atoms. The second kappa shape index (κ2) is 6.16. The van der Waals surface area contributed by atoms with Gasteiger partial charge in [-0.2, -0.15) is 4.98 Å². The lowest BCUT2D eigenvalue weighted by molar-refractivity contribution is 0.295. The maximum Gasteiger partial charge on any atom is 0.215 e. The second-order valence-corrected chi connectivity index (χ2v) is 5.72. The molecule has 4 heteroatoms. The third-order valence-corrected chi connectivity index (χ3v) is 3.93. The third-order valence-electron chi connectivity index (χ3n) is 3.93. The van der Waals surface area contributed by atoms with Crippen LogP contribution in [0.1, 0.15) is 11.1 Å². The first kappa shape index (κ1) is 14.5. The van der Waals surface area contributed by atoms with E-state index in [0.717, 1.165) is 16.8 Å². The highest BCUT2D eigenvalue weighted by atomic mass is 16.5. The summed E-state index contributed by atoms with van der Waals surface area (Å²) in [7, 11) is 0. The van der Waals surface area contributed by atoms with E-state index in [2.05, 4.69) is 41.2 Å². The molecule has 0 aliphatic heterocycles. The lowest BCUT2D eigenvalue weighted by Crippen LogP contribution is -1.97. The monoisotopic (exact) mass is 315 g/mol. The number of hydrogen-bond donors (Lipinski definition) is 0. The van der Waals surface area contributed by atoms with Crippen molar-refractivity contribution in [3.63, 3.8) is 0 Å². The molecule has 4 nitrogen and oxygen atoms in total. The number of fused-ring (bicyclic) bond motifs is 1. The van der Waals surface area contributed by atoms with Crippen LogP contribution in [0.25, 0.3) is 16.9 Å². The molecule has 24 heavy (non-hydrogen) atoms. The number of imidazole rings is 1. The van der Waals surface area contributed by atoms with Gasteiger partial charge in [-0.05, 0) is 30.7 Å². The molecule has 2 heterocycles. The highest BCUT2D eigenvalue weighted by molar-refractivity contribution is 5.74. The molecule has 0 saturated carbocycles. The highest BCUT2D eigenvalue weighted by Gasteiger charge is 2.07. The molecule has 0 fully saturated rings. The Morgan fingerprint density at radius 2 is 1.71 bits per heavy atom. The molecule has 2 aromatic heterocycles. The Labute approximate surface area is 140 Å². The Hall–Kier alpha value is -3.14. The van der Waals surface area contributed by atoms with Crippen molar-refractivity contribution in [1.82, 2.24) is 14.5 Å². The Morgan fingerprint density at radius 1 is 0.917 bits per heavy atom. The number of hydrogen-bond acceptors (Lipinski definition) is 3. The Balaban J connectivity index is 1.59. The van der Waals surface area contributed by atoms with Crippen molar-refractivity contribution in [1.29, 1.82) is 0 Å². The van der Waals surface area contributed by atoms with Gasteiger partial charge in [-0.25, -0.2) is 4.98 Å². The molecule has 118 valence electrons. The summed E-state index contributed by atoms with van der Waals surface area (Å²) in [5, 5.41) is 0. The van der Waals surface area contributed by atoms with Crippen LogP contribution in [0.2, 0.25) is 0 Å². The Kier molecular flexibility index (Phi) is 3.71. The molecule has 0 radical (unpaired) electrons. The van der Waals surface area contributed by atoms with Gasteiger partial charge in [-0.3, -0.25) is 4.57 Å². The quantitative estimate of drug-likeness (QED) is 0.563. The van der Waals surface area contributed by atoms with Crippen molar-refractivity contribution in [2.75, 3.05) is 0 Å². The molecule has 0 atom stereocenters. The lowest BCUT2D eigenvalue weighted by Gasteiger charge is -2.06. The van der Waals surface area contributed by atoms with Gasteiger partial charge in [-0.1, -0.05) is 48.0 Å². The normalized spacial score (nSPS) is 10.9. The smallest absolute Gasteiger partial charge is 0.215 e. The highest BCUT2D eigenvalue weighted by Crippen LogP contribution is 2.20. The van der Waals surface area contributed by atoms with Gasteiger partial charge in [-0.15, -0.1) is 0 Å². The molecule has 0 N–H and O–H groups in total. The zero-order valence-electron chi connectivity index (χ0n) is 13.4. The van der Waals surface area contributed by atoms with E-state index in [4.69, 9.17) is 4.74 Å². The van der Waals surface area contributed by atoms with E-state index in [1.807, 2.05) is 47.0 Å². The molecule has 0 spiro atoms. The summed E-state index contributed by atoms with van der Waals surface area (Å²) in [4.78, 5) is 8.90. The number of rotatable bonds is 4. The summed E-state index contributed by atoms with van der Waals surface area (Å²) in [6, 6.07) is 22.3. The number of aryl methyl sites for hydroxylation is 1. The molecular weight excluding hydrogens is 298 g/mol. The van der Waals surface area contributed by atoms with Gasteiger partial charge in [0.25, 0.3) is 0 Å². The molecule has 2 aromatic carbocycles. The molecule has 0 unspecified atom stereocenters. The van der Waals surface area contributed by atoms with Crippen LogP contribution in [0.15, 0.2) is 73.1 Å². The minimum absolute atomic E-state index is 0.498. The van der Waals surface area contributed by atoms with E-state index in [1.54, 1.807) is 6.33 Å². The van der Waals surface area contributed by atoms with Crippen molar-refractivity contribution < 1.29 is 4.74 Å². The van der Waals surface area contributed by atoms with E-state index in [1.165, 1.54) is 5.56 Å². The van der Waals surface area contributed by atoms with E-state index in [9.17, 15) is 0 Å². The van der Waals surface area contributed by atoms with E-state index in [-0.39, 0.29) is 0 Å². The van der Waals surface area contributed by atoms with Crippen LogP contribution in [0.4, 0.5) is 0 Å². The Bertz CT molecular complexity index is 959. The van der Waals surface area contributed by atoms with Crippen molar-refractivity contribution in [2.45, 2.75) is 13.5 Å². The second-order valence-electron chi connectivity index (χ2n) is 5.72. The minimum Gasteiger partial charge on any atom is -0.473 e. The first-order valence-electron chi connectivity index (χ1n) is 7.87. The summed E-state index contributed by atoms with van der Waals surface area (Å²) < 4.78 is 7.80. The van der Waals surface area contributed by atoms with Crippen LogP contribution in [0.5, 0.6) is 5.88 Å². The predicted octanol–water partition coefficient (Wildman–Crippen LogP) is 4.31. The SMILES string of the molecule is Cc1ccc(-n2cnc3nc(OCc4ccccc4)ccc32)cc1. The molecule has 0 amide bonds. The number of benzene rings is 2. The van der Waals surface area contributed by atoms with Crippen LogP contribution >= 0.6 is 0 Å². The average Bonchev–Trinajstić information content (AvgIpc) is 3.05. The fourth-order valence-electron chi connectivity index (χ4n) is 2.60. The van der Waals surface area contributed by atoms with Gasteiger partial charge >= 0.3 is 0 Å². The van der Waals surface area contributed by atoms with Gasteiger partial charge in [0.1, 0.15) is 12.9 Å². The van der Waals surface area contributed by atoms with Crippen LogP contribution < -0.4 is 4.74 Å². The lowest BCUT2D eigenvalue weighted by atomic mass is 10.2. The van der Waals surface area contributed by atoms with Crippen molar-refractivity contribution in [2.24, 2.45) is 0 Å². The Morgan fingerprint density at radius 3 is 2.50 bits per heavy atom. The van der Waals surface area contributed by atoms with Crippen molar-refractivity contribution in [3.05, 3.63) is 84.2 Å². The van der Waals surface area contributed by atoms with E-state index >= 15 is 0 Å². The topological polar surface area (TPSA) is 39.9 Å². The van der Waals surface area contributed by atoms with Gasteiger partial charge in [0.2, 0.25) is 5.88 Å². The fourth-order valence-corrected chi connectivity index (χ4v) is 2.60. The molecule has 0 saturated heterocycles. The number of nitrogens with zero attached hydrogens (tertiary/aromatic N) is 3. The third kappa shape index (κ3) is 2.86. The van der Waals surface area contributed by atoms with Crippen LogP contribution in [0, 0.1) is 6.92 Å². The van der Waals surface area contributed by atoms with Crippen molar-refractivity contribution >= 4 is 11.2 Å². The largest absolute Gasteiger partial charge is 0.473 e. The van der Waals surface area contributed by atoms with Gasteiger partial charge in [0, 0.05) is 11.8 Å².